The first-order valence-corrected chi connectivity index (χ1v) is 8.82. The van der Waals surface area contributed by atoms with Gasteiger partial charge >= 0.3 is 5.97 Å². The molecule has 1 aliphatic rings. The number of nitrogens with zero attached hydrogens (tertiary/aromatic N) is 3. The number of hydrogen-bond donors (Lipinski definition) is 0. The third-order valence-corrected chi connectivity index (χ3v) is 4.50. The molecule has 7 heteroatoms. The van der Waals surface area contributed by atoms with Gasteiger partial charge in [-0.2, -0.15) is 0 Å². The van der Waals surface area contributed by atoms with Crippen molar-refractivity contribution < 1.29 is 14.3 Å². The molecule has 26 heavy (non-hydrogen) atoms. The minimum atomic E-state index is -0.583. The van der Waals surface area contributed by atoms with Crippen molar-refractivity contribution in [1.29, 1.82) is 0 Å². The maximum atomic E-state index is 12.2. The largest absolute Gasteiger partial charge is 0.451 e. The van der Waals surface area contributed by atoms with Gasteiger partial charge in [-0.3, -0.25) is 9.69 Å². The number of rotatable bonds is 5. The molecule has 0 atom stereocenters. The Morgan fingerprint density at radius 3 is 2.42 bits per heavy atom. The molecule has 1 aliphatic heterocycles. The standard InChI is InChI=1S/C19H20ClN3O3/c20-16-6-4-15(5-7-16)13-22-9-11-23(12-10-22)18(24)14-26-19(25)17-3-1-2-8-21-17/h1-8H,9-14H2. The lowest BCUT2D eigenvalue weighted by Crippen LogP contribution is -2.49. The zero-order valence-electron chi connectivity index (χ0n) is 14.3. The fourth-order valence-electron chi connectivity index (χ4n) is 2.78. The van der Waals surface area contributed by atoms with Crippen LogP contribution in [-0.2, 0) is 16.1 Å². The second kappa shape index (κ2) is 8.78. The van der Waals surface area contributed by atoms with Gasteiger partial charge in [0.1, 0.15) is 5.69 Å². The lowest BCUT2D eigenvalue weighted by molar-refractivity contribution is -0.136. The fraction of sp³-hybridized carbons (Fsp3) is 0.316. The Hall–Kier alpha value is -2.44. The molecule has 1 aromatic carbocycles. The molecule has 0 unspecified atom stereocenters. The summed E-state index contributed by atoms with van der Waals surface area (Å²) in [5.41, 5.74) is 1.39. The Labute approximate surface area is 157 Å². The molecule has 1 amide bonds. The predicted octanol–water partition coefficient (Wildman–Crippen LogP) is 2.24. The maximum absolute atomic E-state index is 12.2. The molecule has 0 spiro atoms. The third kappa shape index (κ3) is 5.03. The highest BCUT2D eigenvalue weighted by molar-refractivity contribution is 6.30. The van der Waals surface area contributed by atoms with Crippen LogP contribution in [0, 0.1) is 0 Å². The van der Waals surface area contributed by atoms with E-state index in [4.69, 9.17) is 16.3 Å². The van der Waals surface area contributed by atoms with Crippen molar-refractivity contribution in [2.45, 2.75) is 6.54 Å². The molecule has 2 aromatic rings. The molecule has 0 radical (unpaired) electrons. The van der Waals surface area contributed by atoms with Crippen molar-refractivity contribution in [3.63, 3.8) is 0 Å². The summed E-state index contributed by atoms with van der Waals surface area (Å²) in [6.45, 7) is 3.37. The van der Waals surface area contributed by atoms with E-state index in [-0.39, 0.29) is 18.2 Å². The molecule has 1 aromatic heterocycles. The Bertz CT molecular complexity index is 744. The second-order valence-corrected chi connectivity index (χ2v) is 6.51. The molecule has 0 saturated carbocycles. The third-order valence-electron chi connectivity index (χ3n) is 4.25. The molecule has 0 N–H and O–H groups in total. The van der Waals surface area contributed by atoms with Gasteiger partial charge in [0.2, 0.25) is 0 Å². The summed E-state index contributed by atoms with van der Waals surface area (Å²) in [6.07, 6.45) is 1.51. The maximum Gasteiger partial charge on any atom is 0.357 e. The summed E-state index contributed by atoms with van der Waals surface area (Å²) < 4.78 is 5.06. The molecule has 0 aliphatic carbocycles. The van der Waals surface area contributed by atoms with E-state index in [0.29, 0.717) is 13.1 Å². The van der Waals surface area contributed by atoms with Crippen molar-refractivity contribution in [1.82, 2.24) is 14.8 Å². The molecule has 3 rings (SSSR count). The number of ether oxygens (including phenoxy) is 1. The zero-order valence-corrected chi connectivity index (χ0v) is 15.1. The molecule has 136 valence electrons. The lowest BCUT2D eigenvalue weighted by Gasteiger charge is -2.34. The molecular weight excluding hydrogens is 354 g/mol. The van der Waals surface area contributed by atoms with E-state index < -0.39 is 5.97 Å². The highest BCUT2D eigenvalue weighted by Gasteiger charge is 2.22. The Balaban J connectivity index is 1.42. The molecule has 2 heterocycles. The number of pyridine rings is 1. The smallest absolute Gasteiger partial charge is 0.357 e. The number of esters is 1. The minimum absolute atomic E-state index is 0.180. The van der Waals surface area contributed by atoms with E-state index in [9.17, 15) is 9.59 Å². The monoisotopic (exact) mass is 373 g/mol. The average molecular weight is 374 g/mol. The van der Waals surface area contributed by atoms with Crippen LogP contribution < -0.4 is 0 Å². The van der Waals surface area contributed by atoms with Gasteiger partial charge in [-0.05, 0) is 29.8 Å². The molecule has 6 nitrogen and oxygen atoms in total. The lowest BCUT2D eigenvalue weighted by atomic mass is 10.2. The summed E-state index contributed by atoms with van der Waals surface area (Å²) in [6, 6.07) is 12.8. The summed E-state index contributed by atoms with van der Waals surface area (Å²) in [4.78, 5) is 32.0. The number of carbonyl (C=O) groups excluding carboxylic acids is 2. The van der Waals surface area contributed by atoms with Crippen LogP contribution in [0.4, 0.5) is 0 Å². The van der Waals surface area contributed by atoms with Gasteiger partial charge in [-0.25, -0.2) is 9.78 Å². The van der Waals surface area contributed by atoms with E-state index >= 15 is 0 Å². The summed E-state index contributed by atoms with van der Waals surface area (Å²) in [5, 5.41) is 0.726. The summed E-state index contributed by atoms with van der Waals surface area (Å²) in [7, 11) is 0. The molecule has 0 bridgehead atoms. The number of amides is 1. The van der Waals surface area contributed by atoms with Crippen LogP contribution >= 0.6 is 11.6 Å². The first-order chi connectivity index (χ1) is 12.6. The number of carbonyl (C=O) groups is 2. The quantitative estimate of drug-likeness (QED) is 0.752. The SMILES string of the molecule is O=C(OCC(=O)N1CCN(Cc2ccc(Cl)cc2)CC1)c1ccccn1. The topological polar surface area (TPSA) is 62.7 Å². The Kier molecular flexibility index (Phi) is 6.20. The van der Waals surface area contributed by atoms with Crippen LogP contribution in [0.15, 0.2) is 48.7 Å². The van der Waals surface area contributed by atoms with Crippen LogP contribution in [0.5, 0.6) is 0 Å². The molecular formula is C19H20ClN3O3. The average Bonchev–Trinajstić information content (AvgIpc) is 2.69. The van der Waals surface area contributed by atoms with E-state index in [1.165, 1.54) is 11.8 Å². The van der Waals surface area contributed by atoms with Crippen LogP contribution in [0.25, 0.3) is 0 Å². The van der Waals surface area contributed by atoms with Crippen LogP contribution in [0.2, 0.25) is 5.02 Å². The van der Waals surface area contributed by atoms with E-state index in [1.54, 1.807) is 23.1 Å². The first-order valence-electron chi connectivity index (χ1n) is 8.44. The van der Waals surface area contributed by atoms with Gasteiger partial charge < -0.3 is 9.64 Å². The molecule has 1 fully saturated rings. The number of piperazine rings is 1. The van der Waals surface area contributed by atoms with E-state index in [1.807, 2.05) is 24.3 Å². The second-order valence-electron chi connectivity index (χ2n) is 6.07. The van der Waals surface area contributed by atoms with Crippen molar-refractivity contribution in [2.75, 3.05) is 32.8 Å². The predicted molar refractivity (Wildman–Crippen MR) is 97.8 cm³/mol. The first kappa shape index (κ1) is 18.4. The summed E-state index contributed by atoms with van der Waals surface area (Å²) >= 11 is 5.90. The van der Waals surface area contributed by atoms with E-state index in [2.05, 4.69) is 9.88 Å². The van der Waals surface area contributed by atoms with Crippen LogP contribution in [-0.4, -0.2) is 59.4 Å². The van der Waals surface area contributed by atoms with Crippen molar-refractivity contribution in [3.05, 3.63) is 64.9 Å². The van der Waals surface area contributed by atoms with Gasteiger partial charge in [-0.15, -0.1) is 0 Å². The number of hydrogen-bond acceptors (Lipinski definition) is 5. The number of aromatic nitrogens is 1. The Morgan fingerprint density at radius 1 is 1.04 bits per heavy atom. The van der Waals surface area contributed by atoms with Gasteiger partial charge in [0, 0.05) is 43.9 Å². The minimum Gasteiger partial charge on any atom is -0.451 e. The van der Waals surface area contributed by atoms with Crippen molar-refractivity contribution in [3.8, 4) is 0 Å². The van der Waals surface area contributed by atoms with Gasteiger partial charge in [0.05, 0.1) is 0 Å². The Morgan fingerprint density at radius 2 is 1.77 bits per heavy atom. The van der Waals surface area contributed by atoms with Gasteiger partial charge in [0.15, 0.2) is 6.61 Å². The fourth-order valence-corrected chi connectivity index (χ4v) is 2.91. The van der Waals surface area contributed by atoms with Crippen LogP contribution in [0.3, 0.4) is 0 Å². The molecule has 1 saturated heterocycles. The highest BCUT2D eigenvalue weighted by Crippen LogP contribution is 2.13. The van der Waals surface area contributed by atoms with E-state index in [0.717, 1.165) is 24.7 Å². The summed E-state index contributed by atoms with van der Waals surface area (Å²) in [5.74, 6) is -0.763. The number of benzene rings is 1. The van der Waals surface area contributed by atoms with Crippen molar-refractivity contribution >= 4 is 23.5 Å². The van der Waals surface area contributed by atoms with Crippen LogP contribution in [0.1, 0.15) is 16.1 Å². The van der Waals surface area contributed by atoms with Gasteiger partial charge in [0.25, 0.3) is 5.91 Å². The highest BCUT2D eigenvalue weighted by atomic mass is 35.5. The normalized spacial score (nSPS) is 14.9. The zero-order chi connectivity index (χ0) is 18.4. The van der Waals surface area contributed by atoms with Crippen molar-refractivity contribution in [2.24, 2.45) is 0 Å². The van der Waals surface area contributed by atoms with Gasteiger partial charge in [-0.1, -0.05) is 29.8 Å². The number of halogens is 1.